The Labute approximate surface area is 172 Å². The third-order valence-electron chi connectivity index (χ3n) is 5.80. The maximum atomic E-state index is 6.52. The van der Waals surface area contributed by atoms with Gasteiger partial charge in [-0.05, 0) is 43.2 Å². The fraction of sp³-hybridized carbons (Fsp3) is 0.304. The minimum atomic E-state index is 0.624. The molecule has 4 rings (SSSR count). The summed E-state index contributed by atoms with van der Waals surface area (Å²) in [5.74, 6) is 1.55. The van der Waals surface area contributed by atoms with Gasteiger partial charge < -0.3 is 20.4 Å². The Bertz CT molecular complexity index is 980. The second-order valence-electron chi connectivity index (χ2n) is 7.52. The van der Waals surface area contributed by atoms with Gasteiger partial charge in [0, 0.05) is 44.6 Å². The highest BCUT2D eigenvalue weighted by molar-refractivity contribution is 5.79. The fourth-order valence-corrected chi connectivity index (χ4v) is 3.91. The van der Waals surface area contributed by atoms with Crippen LogP contribution in [0.5, 0.6) is 0 Å². The number of anilines is 5. The zero-order valence-corrected chi connectivity index (χ0v) is 17.3. The van der Waals surface area contributed by atoms with E-state index in [0.717, 1.165) is 43.5 Å². The second-order valence-corrected chi connectivity index (χ2v) is 7.52. The number of nitrogen functional groups attached to an aromatic ring is 1. The van der Waals surface area contributed by atoms with Gasteiger partial charge in [-0.2, -0.15) is 0 Å². The highest BCUT2D eigenvalue weighted by Gasteiger charge is 2.23. The molecule has 2 aromatic carbocycles. The van der Waals surface area contributed by atoms with E-state index in [1.165, 1.54) is 16.8 Å². The lowest BCUT2D eigenvalue weighted by Gasteiger charge is -2.38. The van der Waals surface area contributed by atoms with Crippen LogP contribution in [0.2, 0.25) is 0 Å². The van der Waals surface area contributed by atoms with Crippen LogP contribution in [0.25, 0.3) is 0 Å². The van der Waals surface area contributed by atoms with E-state index in [9.17, 15) is 0 Å². The Balaban J connectivity index is 1.53. The maximum Gasteiger partial charge on any atom is 0.161 e. The van der Waals surface area contributed by atoms with Gasteiger partial charge in [0.25, 0.3) is 0 Å². The molecule has 2 N–H and O–H groups in total. The van der Waals surface area contributed by atoms with Gasteiger partial charge in [-0.3, -0.25) is 0 Å². The molecule has 6 heteroatoms. The predicted octanol–water partition coefficient (Wildman–Crippen LogP) is 3.77. The van der Waals surface area contributed by atoms with Crippen molar-refractivity contribution in [3.05, 3.63) is 66.0 Å². The number of para-hydroxylation sites is 1. The first-order chi connectivity index (χ1) is 14.1. The van der Waals surface area contributed by atoms with Crippen LogP contribution < -0.4 is 20.4 Å². The van der Waals surface area contributed by atoms with Gasteiger partial charge in [-0.1, -0.05) is 30.3 Å². The summed E-state index contributed by atoms with van der Waals surface area (Å²) >= 11 is 0. The third kappa shape index (κ3) is 3.70. The van der Waals surface area contributed by atoms with Crippen molar-refractivity contribution in [3.63, 3.8) is 0 Å². The van der Waals surface area contributed by atoms with Crippen molar-refractivity contribution >= 4 is 28.7 Å². The molecule has 0 amide bonds. The molecule has 1 saturated heterocycles. The van der Waals surface area contributed by atoms with Crippen molar-refractivity contribution in [1.29, 1.82) is 0 Å². The number of nitrogens with two attached hydrogens (primary N) is 1. The van der Waals surface area contributed by atoms with Gasteiger partial charge in [0.1, 0.15) is 12.0 Å². The second kappa shape index (κ2) is 7.99. The highest BCUT2D eigenvalue weighted by Crippen LogP contribution is 2.33. The van der Waals surface area contributed by atoms with Crippen molar-refractivity contribution in [2.75, 3.05) is 53.7 Å². The molecular weight excluding hydrogens is 360 g/mol. The Kier molecular flexibility index (Phi) is 5.25. The molecule has 0 atom stereocenters. The van der Waals surface area contributed by atoms with Crippen molar-refractivity contribution < 1.29 is 0 Å². The number of hydrogen-bond acceptors (Lipinski definition) is 6. The molecule has 0 unspecified atom stereocenters. The zero-order valence-electron chi connectivity index (χ0n) is 17.3. The number of benzene rings is 2. The molecule has 1 aromatic heterocycles. The van der Waals surface area contributed by atoms with Gasteiger partial charge in [-0.15, -0.1) is 0 Å². The van der Waals surface area contributed by atoms with Gasteiger partial charge in [-0.25, -0.2) is 9.97 Å². The largest absolute Gasteiger partial charge is 0.393 e. The lowest BCUT2D eigenvalue weighted by atomic mass is 10.1. The number of rotatable bonds is 4. The summed E-state index contributed by atoms with van der Waals surface area (Å²) in [6.45, 7) is 8.01. The first-order valence-electron chi connectivity index (χ1n) is 10.0. The summed E-state index contributed by atoms with van der Waals surface area (Å²) < 4.78 is 0. The molecule has 1 aliphatic rings. The average molecular weight is 389 g/mol. The molecule has 150 valence electrons. The summed E-state index contributed by atoms with van der Waals surface area (Å²) in [7, 11) is 1.98. The minimum absolute atomic E-state index is 0.624. The molecular formula is C23H28N6. The molecule has 0 spiro atoms. The number of aryl methyl sites for hydroxylation is 1. The number of hydrogen-bond donors (Lipinski definition) is 1. The molecule has 0 aliphatic carbocycles. The first-order valence-corrected chi connectivity index (χ1v) is 10.0. The summed E-state index contributed by atoms with van der Waals surface area (Å²) in [6, 6.07) is 16.6. The van der Waals surface area contributed by atoms with E-state index in [1.54, 1.807) is 6.33 Å². The van der Waals surface area contributed by atoms with E-state index >= 15 is 0 Å². The third-order valence-corrected chi connectivity index (χ3v) is 5.80. The lowest BCUT2D eigenvalue weighted by Crippen LogP contribution is -2.47. The molecule has 29 heavy (non-hydrogen) atoms. The summed E-state index contributed by atoms with van der Waals surface area (Å²) in [5, 5.41) is 0. The fourth-order valence-electron chi connectivity index (χ4n) is 3.91. The monoisotopic (exact) mass is 388 g/mol. The molecule has 3 aromatic rings. The van der Waals surface area contributed by atoms with Gasteiger partial charge in [0.15, 0.2) is 11.6 Å². The van der Waals surface area contributed by atoms with E-state index < -0.39 is 0 Å². The topological polar surface area (TPSA) is 61.5 Å². The van der Waals surface area contributed by atoms with Gasteiger partial charge in [0.05, 0.1) is 0 Å². The summed E-state index contributed by atoms with van der Waals surface area (Å²) in [4.78, 5) is 15.7. The van der Waals surface area contributed by atoms with Crippen LogP contribution in [0.1, 0.15) is 11.1 Å². The molecule has 1 fully saturated rings. The van der Waals surface area contributed by atoms with E-state index in [0.29, 0.717) is 5.69 Å². The normalized spacial score (nSPS) is 14.2. The molecule has 0 radical (unpaired) electrons. The first kappa shape index (κ1) is 19.1. The van der Waals surface area contributed by atoms with Crippen molar-refractivity contribution in [3.8, 4) is 0 Å². The molecule has 0 bridgehead atoms. The van der Waals surface area contributed by atoms with Crippen LogP contribution in [0.4, 0.5) is 28.7 Å². The van der Waals surface area contributed by atoms with Crippen LogP contribution in [0.3, 0.4) is 0 Å². The van der Waals surface area contributed by atoms with Gasteiger partial charge in [0.2, 0.25) is 0 Å². The predicted molar refractivity (Wildman–Crippen MR) is 121 cm³/mol. The average Bonchev–Trinajstić information content (AvgIpc) is 2.76. The standard InChI is InChI=1S/C23H28N6/c1-17-8-7-11-20(18(17)2)28-12-14-29(15-13-28)23-21(24)22(25-16-26-23)27(3)19-9-5-4-6-10-19/h4-11,16H,12-15,24H2,1-3H3. The van der Waals surface area contributed by atoms with Crippen LogP contribution in [0.15, 0.2) is 54.9 Å². The molecule has 2 heterocycles. The SMILES string of the molecule is Cc1cccc(N2CCN(c3ncnc(N(C)c4ccccc4)c3N)CC2)c1C. The summed E-state index contributed by atoms with van der Waals surface area (Å²) in [6.07, 6.45) is 1.61. The van der Waals surface area contributed by atoms with E-state index in [4.69, 9.17) is 5.73 Å². The van der Waals surface area contributed by atoms with Crippen molar-refractivity contribution in [2.24, 2.45) is 0 Å². The minimum Gasteiger partial charge on any atom is -0.393 e. The summed E-state index contributed by atoms with van der Waals surface area (Å²) in [5.41, 5.74) is 12.2. The Morgan fingerprint density at radius 3 is 2.28 bits per heavy atom. The molecule has 6 nitrogen and oxygen atoms in total. The quantitative estimate of drug-likeness (QED) is 0.734. The lowest BCUT2D eigenvalue weighted by molar-refractivity contribution is 0.646. The Morgan fingerprint density at radius 2 is 1.55 bits per heavy atom. The van der Waals surface area contributed by atoms with Gasteiger partial charge >= 0.3 is 0 Å². The molecule has 1 aliphatic heterocycles. The number of aromatic nitrogens is 2. The maximum absolute atomic E-state index is 6.52. The zero-order chi connectivity index (χ0) is 20.4. The van der Waals surface area contributed by atoms with Crippen LogP contribution in [-0.2, 0) is 0 Å². The van der Waals surface area contributed by atoms with E-state index in [-0.39, 0.29) is 0 Å². The van der Waals surface area contributed by atoms with Crippen LogP contribution >= 0.6 is 0 Å². The van der Waals surface area contributed by atoms with Crippen LogP contribution in [-0.4, -0.2) is 43.2 Å². The smallest absolute Gasteiger partial charge is 0.161 e. The number of piperazine rings is 1. The Morgan fingerprint density at radius 1 is 0.862 bits per heavy atom. The number of nitrogens with zero attached hydrogens (tertiary/aromatic N) is 5. The van der Waals surface area contributed by atoms with Crippen LogP contribution in [0, 0.1) is 13.8 Å². The van der Waals surface area contributed by atoms with Crippen molar-refractivity contribution in [2.45, 2.75) is 13.8 Å². The van der Waals surface area contributed by atoms with E-state index in [2.05, 4.69) is 51.8 Å². The van der Waals surface area contributed by atoms with E-state index in [1.807, 2.05) is 42.3 Å². The molecule has 0 saturated carbocycles. The Hall–Kier alpha value is -3.28. The highest BCUT2D eigenvalue weighted by atomic mass is 15.3. The van der Waals surface area contributed by atoms with Crippen molar-refractivity contribution in [1.82, 2.24) is 9.97 Å².